The summed E-state index contributed by atoms with van der Waals surface area (Å²) in [7, 11) is 0.818. The number of amides is 1. The van der Waals surface area contributed by atoms with Crippen molar-refractivity contribution in [3.05, 3.63) is 75.8 Å². The van der Waals surface area contributed by atoms with Gasteiger partial charge >= 0.3 is 0 Å². The quantitative estimate of drug-likeness (QED) is 0.190. The number of ether oxygens (including phenoxy) is 1. The first-order valence-corrected chi connectivity index (χ1v) is 10.6. The van der Waals surface area contributed by atoms with Crippen LogP contribution < -0.4 is 15.4 Å². The number of benzene rings is 3. The molecule has 0 aliphatic carbocycles. The number of fused-ring (bicyclic) bond motifs is 1. The van der Waals surface area contributed by atoms with Crippen LogP contribution in [0, 0.1) is 30.2 Å². The number of hydrogen-bond donors (Lipinski definition) is 2. The van der Waals surface area contributed by atoms with Crippen molar-refractivity contribution in [1.82, 2.24) is 10.3 Å². The molecule has 35 heavy (non-hydrogen) atoms. The van der Waals surface area contributed by atoms with E-state index in [1.165, 1.54) is 12.1 Å². The standard InChI is InChI=1S/C23H14ClF4N3O3S/c1-9-3-6-14-13(7-9)29-22(34-14)10-4-5-11(24)12(8-10)30-23(35)31-21(32)15-16(25)18(27)20(33-2)19(28)17(15)26/h3-8H,1-2H3,(H2,30,31,32,35). The van der Waals surface area contributed by atoms with Crippen LogP contribution in [0.1, 0.15) is 15.9 Å². The molecule has 0 unspecified atom stereocenters. The van der Waals surface area contributed by atoms with Gasteiger partial charge in [-0.25, -0.2) is 13.8 Å². The van der Waals surface area contributed by atoms with E-state index < -0.39 is 45.6 Å². The normalized spacial score (nSPS) is 10.9. The topological polar surface area (TPSA) is 76.4 Å². The highest BCUT2D eigenvalue weighted by Gasteiger charge is 2.30. The third-order valence-corrected chi connectivity index (χ3v) is 5.42. The minimum atomic E-state index is -1.94. The number of aromatic nitrogens is 1. The fraction of sp³-hybridized carbons (Fsp3) is 0.0870. The number of thiocarbonyl (C=S) groups is 1. The molecule has 0 saturated heterocycles. The van der Waals surface area contributed by atoms with Crippen LogP contribution in [0.5, 0.6) is 5.75 Å². The van der Waals surface area contributed by atoms with E-state index in [0.717, 1.165) is 12.7 Å². The molecular formula is C23H14ClF4N3O3S. The molecule has 0 aliphatic heterocycles. The molecule has 12 heteroatoms. The van der Waals surface area contributed by atoms with Gasteiger partial charge < -0.3 is 14.5 Å². The lowest BCUT2D eigenvalue weighted by Gasteiger charge is -2.13. The number of nitrogens with one attached hydrogen (secondary N) is 2. The van der Waals surface area contributed by atoms with E-state index >= 15 is 0 Å². The van der Waals surface area contributed by atoms with Gasteiger partial charge in [0.1, 0.15) is 11.1 Å². The van der Waals surface area contributed by atoms with Gasteiger partial charge in [-0.05, 0) is 55.0 Å². The molecule has 1 amide bonds. The Balaban J connectivity index is 1.57. The van der Waals surface area contributed by atoms with Crippen molar-refractivity contribution < 1.29 is 31.5 Å². The fourth-order valence-electron chi connectivity index (χ4n) is 3.22. The van der Waals surface area contributed by atoms with E-state index in [4.69, 9.17) is 28.2 Å². The molecule has 0 saturated carbocycles. The van der Waals surface area contributed by atoms with Crippen LogP contribution in [-0.2, 0) is 0 Å². The van der Waals surface area contributed by atoms with Crippen LogP contribution in [0.2, 0.25) is 5.02 Å². The van der Waals surface area contributed by atoms with Crippen LogP contribution >= 0.6 is 23.8 Å². The second-order valence-corrected chi connectivity index (χ2v) is 8.07. The Morgan fingerprint density at radius 2 is 1.74 bits per heavy atom. The van der Waals surface area contributed by atoms with Crippen LogP contribution in [-0.4, -0.2) is 23.1 Å². The molecule has 2 N–H and O–H groups in total. The molecule has 3 aromatic carbocycles. The first-order chi connectivity index (χ1) is 16.6. The molecule has 0 fully saturated rings. The smallest absolute Gasteiger partial charge is 0.263 e. The first-order valence-electron chi connectivity index (χ1n) is 9.80. The van der Waals surface area contributed by atoms with Crippen molar-refractivity contribution in [2.75, 3.05) is 12.4 Å². The summed E-state index contributed by atoms with van der Waals surface area (Å²) < 4.78 is 66.3. The largest absolute Gasteiger partial charge is 0.491 e. The molecular weight excluding hydrogens is 510 g/mol. The molecule has 0 bridgehead atoms. The lowest BCUT2D eigenvalue weighted by Crippen LogP contribution is -2.35. The van der Waals surface area contributed by atoms with Gasteiger partial charge in [0.25, 0.3) is 5.91 Å². The Hall–Kier alpha value is -3.70. The maximum absolute atomic E-state index is 14.2. The average molecular weight is 524 g/mol. The van der Waals surface area contributed by atoms with Crippen LogP contribution in [0.4, 0.5) is 23.2 Å². The van der Waals surface area contributed by atoms with Gasteiger partial charge in [-0.3, -0.25) is 10.1 Å². The van der Waals surface area contributed by atoms with E-state index in [2.05, 4.69) is 15.0 Å². The average Bonchev–Trinajstić information content (AvgIpc) is 3.23. The number of carbonyl (C=O) groups is 1. The Labute approximate surface area is 205 Å². The third kappa shape index (κ3) is 4.64. The van der Waals surface area contributed by atoms with E-state index in [1.807, 2.05) is 24.4 Å². The van der Waals surface area contributed by atoms with Gasteiger partial charge in [-0.2, -0.15) is 8.78 Å². The lowest BCUT2D eigenvalue weighted by atomic mass is 10.1. The molecule has 1 aromatic heterocycles. The number of nitrogens with zero attached hydrogens (tertiary/aromatic N) is 1. The number of anilines is 1. The Morgan fingerprint density at radius 1 is 1.06 bits per heavy atom. The number of carbonyl (C=O) groups excluding carboxylic acids is 1. The van der Waals surface area contributed by atoms with E-state index in [-0.39, 0.29) is 16.6 Å². The summed E-state index contributed by atoms with van der Waals surface area (Å²) in [5, 5.41) is 4.29. The van der Waals surface area contributed by atoms with Gasteiger partial charge in [0, 0.05) is 5.56 Å². The Bertz CT molecular complexity index is 1480. The molecule has 6 nitrogen and oxygen atoms in total. The molecule has 4 aromatic rings. The number of hydrogen-bond acceptors (Lipinski definition) is 5. The summed E-state index contributed by atoms with van der Waals surface area (Å²) in [5.41, 5.74) is 1.42. The number of rotatable bonds is 4. The molecule has 4 rings (SSSR count). The summed E-state index contributed by atoms with van der Waals surface area (Å²) in [4.78, 5) is 16.8. The third-order valence-electron chi connectivity index (χ3n) is 4.89. The highest BCUT2D eigenvalue weighted by Crippen LogP contribution is 2.32. The van der Waals surface area contributed by atoms with Crippen LogP contribution in [0.15, 0.2) is 40.8 Å². The number of halogens is 5. The first kappa shape index (κ1) is 24.4. The number of oxazole rings is 1. The monoisotopic (exact) mass is 523 g/mol. The zero-order valence-corrected chi connectivity index (χ0v) is 19.5. The summed E-state index contributed by atoms with van der Waals surface area (Å²) in [6, 6.07) is 10.2. The van der Waals surface area contributed by atoms with Crippen LogP contribution in [0.3, 0.4) is 0 Å². The van der Waals surface area contributed by atoms with Crippen molar-refractivity contribution in [3.63, 3.8) is 0 Å². The van der Waals surface area contributed by atoms with E-state index in [9.17, 15) is 22.4 Å². The maximum atomic E-state index is 14.2. The molecule has 0 atom stereocenters. The van der Waals surface area contributed by atoms with Gasteiger partial charge in [0.2, 0.25) is 17.5 Å². The summed E-state index contributed by atoms with van der Waals surface area (Å²) in [6.07, 6.45) is 0. The van der Waals surface area contributed by atoms with Crippen molar-refractivity contribution in [2.45, 2.75) is 6.92 Å². The van der Waals surface area contributed by atoms with E-state index in [1.54, 1.807) is 12.1 Å². The molecule has 0 spiro atoms. The summed E-state index contributed by atoms with van der Waals surface area (Å²) >= 11 is 11.2. The minimum Gasteiger partial charge on any atom is -0.491 e. The zero-order chi connectivity index (χ0) is 25.4. The van der Waals surface area contributed by atoms with E-state index in [0.29, 0.717) is 16.7 Å². The fourth-order valence-corrected chi connectivity index (χ4v) is 3.59. The number of aryl methyl sites for hydroxylation is 1. The Kier molecular flexibility index (Phi) is 6.64. The molecule has 0 aliphatic rings. The maximum Gasteiger partial charge on any atom is 0.263 e. The molecule has 180 valence electrons. The predicted molar refractivity (Wildman–Crippen MR) is 126 cm³/mol. The second-order valence-electron chi connectivity index (χ2n) is 7.26. The lowest BCUT2D eigenvalue weighted by molar-refractivity contribution is 0.0966. The minimum absolute atomic E-state index is 0.177. The van der Waals surface area contributed by atoms with Gasteiger partial charge in [-0.1, -0.05) is 17.7 Å². The highest BCUT2D eigenvalue weighted by atomic mass is 35.5. The highest BCUT2D eigenvalue weighted by molar-refractivity contribution is 7.80. The van der Waals surface area contributed by atoms with Gasteiger partial charge in [0.05, 0.1) is 17.8 Å². The van der Waals surface area contributed by atoms with Crippen molar-refractivity contribution in [1.29, 1.82) is 0 Å². The predicted octanol–water partition coefficient (Wildman–Crippen LogP) is 6.15. The van der Waals surface area contributed by atoms with Gasteiger partial charge in [-0.15, -0.1) is 0 Å². The number of methoxy groups -OCH3 is 1. The van der Waals surface area contributed by atoms with Crippen molar-refractivity contribution >= 4 is 51.6 Å². The second kappa shape index (κ2) is 9.51. The van der Waals surface area contributed by atoms with Crippen molar-refractivity contribution in [3.8, 4) is 17.2 Å². The molecule has 1 heterocycles. The summed E-state index contributed by atoms with van der Waals surface area (Å²) in [5.74, 6) is -10.1. The van der Waals surface area contributed by atoms with Crippen molar-refractivity contribution in [2.24, 2.45) is 0 Å². The van der Waals surface area contributed by atoms with Crippen LogP contribution in [0.25, 0.3) is 22.6 Å². The Morgan fingerprint density at radius 3 is 2.40 bits per heavy atom. The molecule has 0 radical (unpaired) electrons. The van der Waals surface area contributed by atoms with Gasteiger partial charge in [0.15, 0.2) is 28.1 Å². The zero-order valence-electron chi connectivity index (χ0n) is 17.9. The SMILES string of the molecule is COc1c(F)c(F)c(C(=O)NC(=S)Nc2cc(-c3nc4cc(C)ccc4o3)ccc2Cl)c(F)c1F. The summed E-state index contributed by atoms with van der Waals surface area (Å²) in [6.45, 7) is 1.92.